The maximum Gasteiger partial charge on any atom is 0.136 e. The highest BCUT2D eigenvalue weighted by atomic mass is 32.1. The summed E-state index contributed by atoms with van der Waals surface area (Å²) in [7, 11) is 0. The molecule has 0 saturated carbocycles. The number of rotatable bonds is 0. The van der Waals surface area contributed by atoms with Gasteiger partial charge in [-0.05, 0) is 28.9 Å². The number of benzene rings is 1. The normalized spacial score (nSPS) is 11.3. The summed E-state index contributed by atoms with van der Waals surface area (Å²) < 4.78 is 3.83. The smallest absolute Gasteiger partial charge is 0.136 e. The van der Waals surface area contributed by atoms with E-state index in [1.54, 1.807) is 0 Å². The Morgan fingerprint density at radius 2 is 2.08 bits per heavy atom. The van der Waals surface area contributed by atoms with E-state index in [4.69, 9.17) is 0 Å². The molecule has 0 fully saturated rings. The molecule has 0 bridgehead atoms. The van der Waals surface area contributed by atoms with Crippen LogP contribution in [0.4, 0.5) is 0 Å². The van der Waals surface area contributed by atoms with Gasteiger partial charge in [-0.3, -0.25) is 0 Å². The maximum absolute atomic E-state index is 4.05. The minimum absolute atomic E-state index is 0.820. The van der Waals surface area contributed by atoms with Crippen molar-refractivity contribution in [1.82, 2.24) is 25.0 Å². The summed E-state index contributed by atoms with van der Waals surface area (Å²) in [5, 5.41) is 15.4. The molecular weight excluding hydrogens is 174 g/mol. The van der Waals surface area contributed by atoms with Crippen molar-refractivity contribution in [2.45, 2.75) is 0 Å². The fraction of sp³-hybridized carbons (Fsp3) is 0. The molecule has 0 amide bonds. The topological polar surface area (TPSA) is 67.3 Å². The number of hydrogen-bond donors (Lipinski definition) is 1. The molecule has 0 aliphatic carbocycles. The van der Waals surface area contributed by atoms with E-state index >= 15 is 0 Å². The molecule has 1 N–H and O–H groups in total. The van der Waals surface area contributed by atoms with Gasteiger partial charge in [0.2, 0.25) is 0 Å². The van der Waals surface area contributed by atoms with Crippen molar-refractivity contribution >= 4 is 32.8 Å². The van der Waals surface area contributed by atoms with Crippen LogP contribution in [0.5, 0.6) is 0 Å². The predicted molar refractivity (Wildman–Crippen MR) is 44.9 cm³/mol. The first-order valence-electron chi connectivity index (χ1n) is 3.36. The lowest BCUT2D eigenvalue weighted by atomic mass is 10.3. The SMILES string of the molecule is c1cc2n[nH]sc2c2nnnc12. The largest absolute Gasteiger partial charge is 0.231 e. The molecule has 0 radical (unpaired) electrons. The Balaban J connectivity index is 2.71. The van der Waals surface area contributed by atoms with E-state index in [0.29, 0.717) is 0 Å². The van der Waals surface area contributed by atoms with Gasteiger partial charge in [0.1, 0.15) is 21.3 Å². The number of aromatic amines is 1. The van der Waals surface area contributed by atoms with Crippen LogP contribution in [-0.2, 0) is 0 Å². The third-order valence-corrected chi connectivity index (χ3v) is 2.49. The summed E-state index contributed by atoms with van der Waals surface area (Å²) in [5.74, 6) is 0. The zero-order valence-electron chi connectivity index (χ0n) is 5.85. The third kappa shape index (κ3) is 0.620. The molecule has 2 heterocycles. The second-order valence-corrected chi connectivity index (χ2v) is 3.17. The van der Waals surface area contributed by atoms with Gasteiger partial charge >= 0.3 is 0 Å². The summed E-state index contributed by atoms with van der Waals surface area (Å²) in [6.07, 6.45) is 0. The molecular formula is C6H3N5S. The standard InChI is InChI=1S/C6H3N5S/c1-2-4-6(12-11-8-4)5-3(1)7-10-9-5/h1-2,11H. The van der Waals surface area contributed by atoms with Crippen molar-refractivity contribution in [3.05, 3.63) is 12.1 Å². The average molecular weight is 177 g/mol. The Morgan fingerprint density at radius 1 is 1.17 bits per heavy atom. The fourth-order valence-electron chi connectivity index (χ4n) is 1.15. The lowest BCUT2D eigenvalue weighted by molar-refractivity contribution is 0.960. The Labute approximate surface area is 70.6 Å². The summed E-state index contributed by atoms with van der Waals surface area (Å²) in [6.45, 7) is 0. The fourth-order valence-corrected chi connectivity index (χ4v) is 1.84. The van der Waals surface area contributed by atoms with Gasteiger partial charge < -0.3 is 0 Å². The highest BCUT2D eigenvalue weighted by Gasteiger charge is 2.06. The first-order valence-corrected chi connectivity index (χ1v) is 4.18. The Kier molecular flexibility index (Phi) is 0.991. The quantitative estimate of drug-likeness (QED) is 0.555. The van der Waals surface area contributed by atoms with Crippen LogP contribution in [0.25, 0.3) is 21.3 Å². The maximum atomic E-state index is 4.05. The van der Waals surface area contributed by atoms with Crippen molar-refractivity contribution in [3.8, 4) is 0 Å². The van der Waals surface area contributed by atoms with Crippen LogP contribution >= 0.6 is 11.5 Å². The first-order chi connectivity index (χ1) is 5.95. The van der Waals surface area contributed by atoms with Crippen molar-refractivity contribution in [3.63, 3.8) is 0 Å². The molecule has 5 nitrogen and oxygen atoms in total. The number of H-pyrrole nitrogens is 1. The minimum Gasteiger partial charge on any atom is -0.231 e. The van der Waals surface area contributed by atoms with Gasteiger partial charge in [-0.2, -0.15) is 5.10 Å². The average Bonchev–Trinajstić information content (AvgIpc) is 2.71. The molecule has 0 spiro atoms. The van der Waals surface area contributed by atoms with Crippen molar-refractivity contribution in [1.29, 1.82) is 0 Å². The lowest BCUT2D eigenvalue weighted by Crippen LogP contribution is -1.70. The van der Waals surface area contributed by atoms with Crippen molar-refractivity contribution in [2.24, 2.45) is 0 Å². The number of aromatic nitrogens is 5. The highest BCUT2D eigenvalue weighted by Crippen LogP contribution is 2.22. The van der Waals surface area contributed by atoms with Gasteiger partial charge in [-0.15, -0.1) is 10.2 Å². The van der Waals surface area contributed by atoms with Gasteiger partial charge in [0, 0.05) is 0 Å². The third-order valence-electron chi connectivity index (χ3n) is 1.70. The number of nitrogens with zero attached hydrogens (tertiary/aromatic N) is 4. The molecule has 2 aromatic heterocycles. The van der Waals surface area contributed by atoms with E-state index in [9.17, 15) is 0 Å². The molecule has 3 rings (SSSR count). The Morgan fingerprint density at radius 3 is 3.08 bits per heavy atom. The Hall–Kier alpha value is -1.56. The van der Waals surface area contributed by atoms with Gasteiger partial charge in [-0.1, -0.05) is 0 Å². The van der Waals surface area contributed by atoms with Crippen LogP contribution in [0.3, 0.4) is 0 Å². The first kappa shape index (κ1) is 6.01. The van der Waals surface area contributed by atoms with Crippen molar-refractivity contribution < 1.29 is 0 Å². The van der Waals surface area contributed by atoms with E-state index in [1.807, 2.05) is 12.1 Å². The van der Waals surface area contributed by atoms with Crippen LogP contribution < -0.4 is 0 Å². The lowest BCUT2D eigenvalue weighted by Gasteiger charge is -1.84. The molecule has 6 heteroatoms. The molecule has 1 aromatic carbocycles. The molecule has 0 unspecified atom stereocenters. The second-order valence-electron chi connectivity index (χ2n) is 2.38. The van der Waals surface area contributed by atoms with Crippen LogP contribution in [0.1, 0.15) is 0 Å². The van der Waals surface area contributed by atoms with Gasteiger partial charge in [0.25, 0.3) is 0 Å². The predicted octanol–water partition coefficient (Wildman–Crippen LogP) is 0.963. The summed E-state index contributed by atoms with van der Waals surface area (Å²) in [4.78, 5) is 0. The van der Waals surface area contributed by atoms with Crippen LogP contribution in [0.2, 0.25) is 0 Å². The highest BCUT2D eigenvalue weighted by molar-refractivity contribution is 7.14. The second kappa shape index (κ2) is 1.98. The molecule has 0 atom stereocenters. The van der Waals surface area contributed by atoms with Gasteiger partial charge in [-0.25, -0.2) is 4.49 Å². The molecule has 0 saturated heterocycles. The van der Waals surface area contributed by atoms with Crippen LogP contribution in [0.15, 0.2) is 12.1 Å². The van der Waals surface area contributed by atoms with Gasteiger partial charge in [0.15, 0.2) is 0 Å². The summed E-state index contributed by atoms with van der Waals surface area (Å²) in [6, 6.07) is 3.77. The van der Waals surface area contributed by atoms with E-state index < -0.39 is 0 Å². The monoisotopic (exact) mass is 177 g/mol. The van der Waals surface area contributed by atoms with Crippen LogP contribution in [0, 0.1) is 0 Å². The van der Waals surface area contributed by atoms with E-state index in [0.717, 1.165) is 21.3 Å². The molecule has 0 aliphatic rings. The molecule has 58 valence electrons. The molecule has 0 aliphatic heterocycles. The molecule has 3 aromatic rings. The van der Waals surface area contributed by atoms with Gasteiger partial charge in [0.05, 0.1) is 0 Å². The summed E-state index contributed by atoms with van der Waals surface area (Å²) >= 11 is 1.44. The zero-order chi connectivity index (χ0) is 7.97. The number of nitrogens with one attached hydrogen (secondary N) is 1. The Bertz CT molecular complexity index is 489. The number of fused-ring (bicyclic) bond motifs is 3. The zero-order valence-corrected chi connectivity index (χ0v) is 6.67. The van der Waals surface area contributed by atoms with Crippen molar-refractivity contribution in [2.75, 3.05) is 0 Å². The minimum atomic E-state index is 0.820. The van der Waals surface area contributed by atoms with Crippen LogP contribution in [-0.4, -0.2) is 25.0 Å². The number of hydrogen-bond acceptors (Lipinski definition) is 5. The molecule has 12 heavy (non-hydrogen) atoms. The summed E-state index contributed by atoms with van der Waals surface area (Å²) in [5.41, 5.74) is 2.56. The van der Waals surface area contributed by atoms with E-state index in [-0.39, 0.29) is 0 Å². The van der Waals surface area contributed by atoms with E-state index in [2.05, 4.69) is 25.0 Å². The van der Waals surface area contributed by atoms with E-state index in [1.165, 1.54) is 11.5 Å².